The maximum atomic E-state index is 12.1. The number of hydrogen-bond donors (Lipinski definition) is 2. The maximum Gasteiger partial charge on any atom is 0.241 e. The SMILES string of the molecule is COc1ccc(NC(=O)CNS(=O)(=O)c2ccc(Cl)cc2)cc1Cl. The molecule has 9 heteroatoms. The molecule has 2 aromatic rings. The molecule has 0 saturated carbocycles. The van der Waals surface area contributed by atoms with Gasteiger partial charge in [-0.05, 0) is 42.5 Å². The summed E-state index contributed by atoms with van der Waals surface area (Å²) in [6, 6.07) is 10.3. The Kier molecular flexibility index (Phi) is 6.06. The summed E-state index contributed by atoms with van der Waals surface area (Å²) < 4.78 is 31.4. The monoisotopic (exact) mass is 388 g/mol. The fourth-order valence-electron chi connectivity index (χ4n) is 1.81. The van der Waals surface area contributed by atoms with Crippen LogP contribution in [0.25, 0.3) is 0 Å². The molecule has 0 radical (unpaired) electrons. The zero-order valence-corrected chi connectivity index (χ0v) is 14.9. The molecule has 128 valence electrons. The van der Waals surface area contributed by atoms with Crippen molar-refractivity contribution in [2.45, 2.75) is 4.90 Å². The molecule has 2 N–H and O–H groups in total. The molecule has 0 heterocycles. The first-order chi connectivity index (χ1) is 11.3. The summed E-state index contributed by atoms with van der Waals surface area (Å²) in [4.78, 5) is 11.9. The predicted octanol–water partition coefficient (Wildman–Crippen LogP) is 2.92. The third-order valence-corrected chi connectivity index (χ3v) is 4.95. The van der Waals surface area contributed by atoms with Crippen molar-refractivity contribution in [3.8, 4) is 5.75 Å². The number of amides is 1. The van der Waals surface area contributed by atoms with Crippen molar-refractivity contribution < 1.29 is 17.9 Å². The highest BCUT2D eigenvalue weighted by atomic mass is 35.5. The minimum atomic E-state index is -3.80. The normalized spacial score (nSPS) is 11.1. The van der Waals surface area contributed by atoms with Crippen LogP contribution in [0.2, 0.25) is 10.0 Å². The van der Waals surface area contributed by atoms with Crippen LogP contribution in [-0.2, 0) is 14.8 Å². The highest BCUT2D eigenvalue weighted by Gasteiger charge is 2.15. The summed E-state index contributed by atoms with van der Waals surface area (Å²) in [5.74, 6) is -0.0631. The molecule has 0 saturated heterocycles. The molecule has 0 fully saturated rings. The lowest BCUT2D eigenvalue weighted by molar-refractivity contribution is -0.115. The number of ether oxygens (including phenoxy) is 1. The topological polar surface area (TPSA) is 84.5 Å². The summed E-state index contributed by atoms with van der Waals surface area (Å²) in [7, 11) is -2.32. The Balaban J connectivity index is 1.97. The number of methoxy groups -OCH3 is 1. The van der Waals surface area contributed by atoms with Crippen LogP contribution in [0.15, 0.2) is 47.4 Å². The minimum absolute atomic E-state index is 0.0205. The standard InChI is InChI=1S/C15H14Cl2N2O4S/c1-23-14-7-4-11(8-13(14)17)19-15(20)9-18-24(21,22)12-5-2-10(16)3-6-12/h2-8,18H,9H2,1H3,(H,19,20). The molecular formula is C15H14Cl2N2O4S. The van der Waals surface area contributed by atoms with Gasteiger partial charge in [-0.1, -0.05) is 23.2 Å². The van der Waals surface area contributed by atoms with Crippen LogP contribution in [0, 0.1) is 0 Å². The highest BCUT2D eigenvalue weighted by Crippen LogP contribution is 2.27. The van der Waals surface area contributed by atoms with Gasteiger partial charge in [-0.3, -0.25) is 4.79 Å². The third-order valence-electron chi connectivity index (χ3n) is 2.98. The zero-order valence-electron chi connectivity index (χ0n) is 12.5. The van der Waals surface area contributed by atoms with E-state index in [2.05, 4.69) is 10.0 Å². The number of carbonyl (C=O) groups is 1. The van der Waals surface area contributed by atoms with Crippen LogP contribution in [0.5, 0.6) is 5.75 Å². The second kappa shape index (κ2) is 7.85. The number of benzene rings is 2. The Morgan fingerprint density at radius 3 is 2.38 bits per heavy atom. The Morgan fingerprint density at radius 1 is 1.12 bits per heavy atom. The first kappa shape index (κ1) is 18.5. The van der Waals surface area contributed by atoms with Crippen LogP contribution in [0.3, 0.4) is 0 Å². The second-order valence-corrected chi connectivity index (χ2v) is 7.29. The first-order valence-corrected chi connectivity index (χ1v) is 8.94. The van der Waals surface area contributed by atoms with Gasteiger partial charge in [0.2, 0.25) is 15.9 Å². The lowest BCUT2D eigenvalue weighted by atomic mass is 10.3. The number of nitrogens with one attached hydrogen (secondary N) is 2. The third kappa shape index (κ3) is 4.85. The smallest absolute Gasteiger partial charge is 0.241 e. The van der Waals surface area contributed by atoms with Crippen LogP contribution >= 0.6 is 23.2 Å². The van der Waals surface area contributed by atoms with Crippen molar-refractivity contribution in [1.29, 1.82) is 0 Å². The summed E-state index contributed by atoms with van der Waals surface area (Å²) in [5, 5.41) is 3.29. The van der Waals surface area contributed by atoms with Gasteiger partial charge in [-0.2, -0.15) is 0 Å². The molecule has 0 atom stereocenters. The number of halogens is 2. The quantitative estimate of drug-likeness (QED) is 0.796. The van der Waals surface area contributed by atoms with Gasteiger partial charge in [-0.15, -0.1) is 0 Å². The summed E-state index contributed by atoms with van der Waals surface area (Å²) in [5.41, 5.74) is 0.427. The van der Waals surface area contributed by atoms with E-state index in [0.29, 0.717) is 21.5 Å². The van der Waals surface area contributed by atoms with Crippen molar-refractivity contribution in [3.05, 3.63) is 52.5 Å². The van der Waals surface area contributed by atoms with Crippen molar-refractivity contribution in [2.24, 2.45) is 0 Å². The number of anilines is 1. The average Bonchev–Trinajstić information content (AvgIpc) is 2.54. The van der Waals surface area contributed by atoms with E-state index in [-0.39, 0.29) is 4.90 Å². The van der Waals surface area contributed by atoms with Gasteiger partial charge in [0.05, 0.1) is 23.6 Å². The minimum Gasteiger partial charge on any atom is -0.495 e. The van der Waals surface area contributed by atoms with Crippen molar-refractivity contribution >= 4 is 44.8 Å². The zero-order chi connectivity index (χ0) is 17.7. The van der Waals surface area contributed by atoms with Crippen LogP contribution in [-0.4, -0.2) is 28.0 Å². The van der Waals surface area contributed by atoms with Gasteiger partial charge < -0.3 is 10.1 Å². The Bertz CT molecular complexity index is 839. The van der Waals surface area contributed by atoms with Crippen LogP contribution < -0.4 is 14.8 Å². The van der Waals surface area contributed by atoms with E-state index in [9.17, 15) is 13.2 Å². The summed E-state index contributed by atoms with van der Waals surface area (Å²) >= 11 is 11.7. The van der Waals surface area contributed by atoms with Crippen LogP contribution in [0.1, 0.15) is 0 Å². The Morgan fingerprint density at radius 2 is 1.79 bits per heavy atom. The lowest BCUT2D eigenvalue weighted by Gasteiger charge is -2.09. The number of hydrogen-bond acceptors (Lipinski definition) is 4. The molecule has 2 aromatic carbocycles. The van der Waals surface area contributed by atoms with Crippen molar-refractivity contribution in [1.82, 2.24) is 4.72 Å². The van der Waals surface area contributed by atoms with Gasteiger partial charge in [0.1, 0.15) is 5.75 Å². The number of carbonyl (C=O) groups excluding carboxylic acids is 1. The number of rotatable bonds is 6. The maximum absolute atomic E-state index is 12.1. The molecule has 0 aliphatic heterocycles. The fraction of sp³-hybridized carbons (Fsp3) is 0.133. The molecule has 1 amide bonds. The fourth-order valence-corrected chi connectivity index (χ4v) is 3.17. The first-order valence-electron chi connectivity index (χ1n) is 6.70. The van der Waals surface area contributed by atoms with E-state index >= 15 is 0 Å². The molecule has 24 heavy (non-hydrogen) atoms. The Hall–Kier alpha value is -1.80. The summed E-state index contributed by atoms with van der Waals surface area (Å²) in [6.07, 6.45) is 0. The molecule has 0 spiro atoms. The molecule has 0 aliphatic rings. The van der Waals surface area contributed by atoms with Gasteiger partial charge in [-0.25, -0.2) is 13.1 Å². The molecule has 0 bridgehead atoms. The summed E-state index contributed by atoms with van der Waals surface area (Å²) in [6.45, 7) is -0.422. The van der Waals surface area contributed by atoms with E-state index < -0.39 is 22.5 Å². The van der Waals surface area contributed by atoms with E-state index in [1.54, 1.807) is 12.1 Å². The molecule has 0 aromatic heterocycles. The van der Waals surface area contributed by atoms with Gasteiger partial charge >= 0.3 is 0 Å². The average molecular weight is 389 g/mol. The predicted molar refractivity (Wildman–Crippen MR) is 93.3 cm³/mol. The molecule has 0 unspecified atom stereocenters. The number of sulfonamides is 1. The second-order valence-electron chi connectivity index (χ2n) is 4.68. The van der Waals surface area contributed by atoms with Crippen LogP contribution in [0.4, 0.5) is 5.69 Å². The van der Waals surface area contributed by atoms with Gasteiger partial charge in [0.25, 0.3) is 0 Å². The van der Waals surface area contributed by atoms with E-state index in [1.807, 2.05) is 0 Å². The highest BCUT2D eigenvalue weighted by molar-refractivity contribution is 7.89. The lowest BCUT2D eigenvalue weighted by Crippen LogP contribution is -2.32. The molecular weight excluding hydrogens is 375 g/mol. The van der Waals surface area contributed by atoms with Crippen molar-refractivity contribution in [2.75, 3.05) is 19.0 Å². The van der Waals surface area contributed by atoms with Gasteiger partial charge in [0.15, 0.2) is 0 Å². The van der Waals surface area contributed by atoms with E-state index in [1.165, 1.54) is 37.4 Å². The van der Waals surface area contributed by atoms with E-state index in [0.717, 1.165) is 0 Å². The largest absolute Gasteiger partial charge is 0.495 e. The molecule has 6 nitrogen and oxygen atoms in total. The van der Waals surface area contributed by atoms with E-state index in [4.69, 9.17) is 27.9 Å². The molecule has 0 aliphatic carbocycles. The Labute approximate surface area is 149 Å². The molecule has 2 rings (SSSR count). The van der Waals surface area contributed by atoms with Gasteiger partial charge in [0, 0.05) is 10.7 Å². The van der Waals surface area contributed by atoms with Crippen molar-refractivity contribution in [3.63, 3.8) is 0 Å².